The number of aryl methyl sites for hydroxylation is 2. The Morgan fingerprint density at radius 1 is 1.28 bits per heavy atom. The zero-order valence-electron chi connectivity index (χ0n) is 11.9. The van der Waals surface area contributed by atoms with Gasteiger partial charge in [-0.1, -0.05) is 23.8 Å². The minimum Gasteiger partial charge on any atom is -0.385 e. The van der Waals surface area contributed by atoms with E-state index in [1.165, 1.54) is 5.56 Å². The predicted octanol–water partition coefficient (Wildman–Crippen LogP) is 2.14. The molecule has 0 heterocycles. The summed E-state index contributed by atoms with van der Waals surface area (Å²) >= 11 is 0. The van der Waals surface area contributed by atoms with E-state index in [1.54, 1.807) is 7.11 Å². The molecule has 0 aliphatic rings. The molecule has 0 aliphatic heterocycles. The van der Waals surface area contributed by atoms with Crippen LogP contribution < -0.4 is 5.32 Å². The first kappa shape index (κ1) is 15.2. The molecule has 1 rings (SSSR count). The Balaban J connectivity index is 2.59. The number of hydrogen-bond donors (Lipinski definition) is 2. The predicted molar refractivity (Wildman–Crippen MR) is 74.8 cm³/mol. The molecule has 3 nitrogen and oxygen atoms in total. The number of methoxy groups -OCH3 is 1. The topological polar surface area (TPSA) is 41.5 Å². The van der Waals surface area contributed by atoms with Crippen LogP contribution in [-0.4, -0.2) is 31.9 Å². The highest BCUT2D eigenvalue weighted by Gasteiger charge is 2.24. The second-order valence-corrected chi connectivity index (χ2v) is 5.09. The molecule has 1 aromatic carbocycles. The van der Waals surface area contributed by atoms with Crippen molar-refractivity contribution in [3.8, 4) is 0 Å². The van der Waals surface area contributed by atoms with Crippen LogP contribution in [0.2, 0.25) is 0 Å². The van der Waals surface area contributed by atoms with Gasteiger partial charge in [0, 0.05) is 13.7 Å². The quantitative estimate of drug-likeness (QED) is 0.730. The van der Waals surface area contributed by atoms with E-state index in [0.29, 0.717) is 13.0 Å². The summed E-state index contributed by atoms with van der Waals surface area (Å²) in [6.45, 7) is 8.28. The van der Waals surface area contributed by atoms with Crippen LogP contribution in [0.5, 0.6) is 0 Å². The minimum atomic E-state index is -0.782. The average molecular weight is 251 g/mol. The highest BCUT2D eigenvalue weighted by atomic mass is 16.5. The van der Waals surface area contributed by atoms with Crippen molar-refractivity contribution in [3.05, 3.63) is 34.9 Å². The molecule has 18 heavy (non-hydrogen) atoms. The number of ether oxygens (including phenoxy) is 1. The third-order valence-corrected chi connectivity index (χ3v) is 3.24. The second kappa shape index (κ2) is 6.88. The largest absolute Gasteiger partial charge is 0.385 e. The standard InChI is InChI=1S/C15H25NO2/c1-12-5-6-13(2)14(11-12)15(3,17)7-8-16-9-10-18-4/h5-6,11,16-17H,7-10H2,1-4H3. The summed E-state index contributed by atoms with van der Waals surface area (Å²) in [5.41, 5.74) is 2.57. The van der Waals surface area contributed by atoms with Gasteiger partial charge in [-0.3, -0.25) is 0 Å². The number of rotatable bonds is 7. The Kier molecular flexibility index (Phi) is 5.79. The van der Waals surface area contributed by atoms with Gasteiger partial charge in [-0.05, 0) is 44.9 Å². The van der Waals surface area contributed by atoms with Gasteiger partial charge >= 0.3 is 0 Å². The van der Waals surface area contributed by atoms with Gasteiger partial charge in [0.25, 0.3) is 0 Å². The van der Waals surface area contributed by atoms with Crippen LogP contribution in [0, 0.1) is 13.8 Å². The molecule has 1 unspecified atom stereocenters. The zero-order chi connectivity index (χ0) is 13.6. The minimum absolute atomic E-state index is 0.695. The molecule has 102 valence electrons. The van der Waals surface area contributed by atoms with Gasteiger partial charge in [0.15, 0.2) is 0 Å². The van der Waals surface area contributed by atoms with Crippen LogP contribution in [-0.2, 0) is 10.3 Å². The number of aliphatic hydroxyl groups is 1. The smallest absolute Gasteiger partial charge is 0.0883 e. The Morgan fingerprint density at radius 3 is 2.67 bits per heavy atom. The van der Waals surface area contributed by atoms with E-state index in [9.17, 15) is 5.11 Å². The number of benzene rings is 1. The molecule has 0 aromatic heterocycles. The van der Waals surface area contributed by atoms with E-state index in [1.807, 2.05) is 13.8 Å². The number of nitrogens with one attached hydrogen (secondary N) is 1. The Labute approximate surface area is 110 Å². The monoisotopic (exact) mass is 251 g/mol. The maximum atomic E-state index is 10.6. The van der Waals surface area contributed by atoms with E-state index in [-0.39, 0.29) is 0 Å². The van der Waals surface area contributed by atoms with Crippen LogP contribution in [0.3, 0.4) is 0 Å². The molecule has 3 heteroatoms. The Bertz CT molecular complexity index is 375. The van der Waals surface area contributed by atoms with E-state index >= 15 is 0 Å². The molecule has 0 fully saturated rings. The van der Waals surface area contributed by atoms with Crippen molar-refractivity contribution in [2.75, 3.05) is 26.8 Å². The average Bonchev–Trinajstić information content (AvgIpc) is 2.32. The van der Waals surface area contributed by atoms with Crippen LogP contribution >= 0.6 is 0 Å². The molecular weight excluding hydrogens is 226 g/mol. The molecule has 0 aliphatic carbocycles. The molecule has 0 spiro atoms. The number of hydrogen-bond acceptors (Lipinski definition) is 3. The molecule has 0 radical (unpaired) electrons. The van der Waals surface area contributed by atoms with Crippen molar-refractivity contribution in [1.82, 2.24) is 5.32 Å². The summed E-state index contributed by atoms with van der Waals surface area (Å²) in [5, 5.41) is 13.8. The fourth-order valence-corrected chi connectivity index (χ4v) is 2.08. The van der Waals surface area contributed by atoms with E-state index in [2.05, 4.69) is 30.4 Å². The SMILES string of the molecule is COCCNCCC(C)(O)c1cc(C)ccc1C. The molecule has 0 saturated carbocycles. The van der Waals surface area contributed by atoms with E-state index in [0.717, 1.165) is 24.2 Å². The molecule has 1 aromatic rings. The summed E-state index contributed by atoms with van der Waals surface area (Å²) < 4.78 is 4.97. The van der Waals surface area contributed by atoms with Gasteiger partial charge in [0.1, 0.15) is 0 Å². The van der Waals surface area contributed by atoms with Crippen LogP contribution in [0.25, 0.3) is 0 Å². The van der Waals surface area contributed by atoms with Gasteiger partial charge in [0.2, 0.25) is 0 Å². The third-order valence-electron chi connectivity index (χ3n) is 3.24. The van der Waals surface area contributed by atoms with Crippen molar-refractivity contribution in [3.63, 3.8) is 0 Å². The van der Waals surface area contributed by atoms with Gasteiger partial charge < -0.3 is 15.2 Å². The molecule has 0 bridgehead atoms. The summed E-state index contributed by atoms with van der Waals surface area (Å²) in [6.07, 6.45) is 0.695. The lowest BCUT2D eigenvalue weighted by atomic mass is 9.88. The van der Waals surface area contributed by atoms with Gasteiger partial charge in [0.05, 0.1) is 12.2 Å². The van der Waals surface area contributed by atoms with Crippen molar-refractivity contribution in [2.24, 2.45) is 0 Å². The Hall–Kier alpha value is -0.900. The zero-order valence-corrected chi connectivity index (χ0v) is 11.9. The summed E-state index contributed by atoms with van der Waals surface area (Å²) in [7, 11) is 1.69. The first-order valence-electron chi connectivity index (χ1n) is 6.47. The first-order valence-corrected chi connectivity index (χ1v) is 6.47. The third kappa shape index (κ3) is 4.41. The fraction of sp³-hybridized carbons (Fsp3) is 0.600. The van der Waals surface area contributed by atoms with E-state index < -0.39 is 5.60 Å². The molecule has 1 atom stereocenters. The normalized spacial score (nSPS) is 14.5. The maximum absolute atomic E-state index is 10.6. The van der Waals surface area contributed by atoms with Crippen molar-refractivity contribution in [2.45, 2.75) is 32.8 Å². The highest BCUT2D eigenvalue weighted by Crippen LogP contribution is 2.27. The van der Waals surface area contributed by atoms with Crippen molar-refractivity contribution in [1.29, 1.82) is 0 Å². The van der Waals surface area contributed by atoms with Crippen molar-refractivity contribution >= 4 is 0 Å². The lowest BCUT2D eigenvalue weighted by molar-refractivity contribution is 0.0468. The van der Waals surface area contributed by atoms with Gasteiger partial charge in [-0.25, -0.2) is 0 Å². The summed E-state index contributed by atoms with van der Waals surface area (Å²) in [6, 6.07) is 6.22. The summed E-state index contributed by atoms with van der Waals surface area (Å²) in [4.78, 5) is 0. The first-order chi connectivity index (χ1) is 8.47. The lowest BCUT2D eigenvalue weighted by Gasteiger charge is -2.26. The van der Waals surface area contributed by atoms with Gasteiger partial charge in [-0.15, -0.1) is 0 Å². The van der Waals surface area contributed by atoms with Crippen LogP contribution in [0.4, 0.5) is 0 Å². The molecule has 0 saturated heterocycles. The highest BCUT2D eigenvalue weighted by molar-refractivity contribution is 5.34. The van der Waals surface area contributed by atoms with E-state index in [4.69, 9.17) is 4.74 Å². The maximum Gasteiger partial charge on any atom is 0.0883 e. The molecule has 0 amide bonds. The van der Waals surface area contributed by atoms with Crippen molar-refractivity contribution < 1.29 is 9.84 Å². The lowest BCUT2D eigenvalue weighted by Crippen LogP contribution is -2.30. The Morgan fingerprint density at radius 2 is 2.00 bits per heavy atom. The second-order valence-electron chi connectivity index (χ2n) is 5.09. The molecular formula is C15H25NO2. The van der Waals surface area contributed by atoms with Crippen LogP contribution in [0.15, 0.2) is 18.2 Å². The van der Waals surface area contributed by atoms with Crippen LogP contribution in [0.1, 0.15) is 30.0 Å². The fourth-order valence-electron chi connectivity index (χ4n) is 2.08. The summed E-state index contributed by atoms with van der Waals surface area (Å²) in [5.74, 6) is 0. The molecule has 2 N–H and O–H groups in total. The van der Waals surface area contributed by atoms with Gasteiger partial charge in [-0.2, -0.15) is 0 Å².